The van der Waals surface area contributed by atoms with Gasteiger partial charge in [0.2, 0.25) is 5.91 Å². The molecule has 0 aromatic carbocycles. The lowest BCUT2D eigenvalue weighted by molar-refractivity contribution is -0.119. The fourth-order valence-corrected chi connectivity index (χ4v) is 4.60. The van der Waals surface area contributed by atoms with E-state index in [1.54, 1.807) is 0 Å². The second-order valence-corrected chi connectivity index (χ2v) is 8.09. The molecule has 1 fully saturated rings. The Kier molecular flexibility index (Phi) is 5.09. The second kappa shape index (κ2) is 6.65. The van der Waals surface area contributed by atoms with Crippen LogP contribution in [-0.2, 0) is 21.2 Å². The number of aromatic amines is 1. The Morgan fingerprint density at radius 1 is 1.57 bits per heavy atom. The molecule has 1 aliphatic rings. The van der Waals surface area contributed by atoms with Crippen LogP contribution in [0.15, 0.2) is 9.95 Å². The lowest BCUT2D eigenvalue weighted by atomic mass is 10.3. The number of amides is 1. The predicted molar refractivity (Wildman–Crippen MR) is 79.1 cm³/mol. The summed E-state index contributed by atoms with van der Waals surface area (Å²) in [4.78, 5) is 23.3. The average molecular weight is 334 g/mol. The molecule has 2 N–H and O–H groups in total. The SMILES string of the molecule is CCCn1c(SCC(=O)N[C@H]2CCS(=O)(=O)C2)n[nH]c1=O. The first-order chi connectivity index (χ1) is 9.91. The van der Waals surface area contributed by atoms with Crippen molar-refractivity contribution in [3.8, 4) is 0 Å². The summed E-state index contributed by atoms with van der Waals surface area (Å²) in [5.74, 6) is -0.0159. The van der Waals surface area contributed by atoms with Gasteiger partial charge < -0.3 is 5.32 Å². The van der Waals surface area contributed by atoms with E-state index in [4.69, 9.17) is 0 Å². The molecule has 0 aliphatic carbocycles. The number of thioether (sulfide) groups is 1. The average Bonchev–Trinajstić information content (AvgIpc) is 2.92. The number of nitrogens with one attached hydrogen (secondary N) is 2. The largest absolute Gasteiger partial charge is 0.352 e. The van der Waals surface area contributed by atoms with Gasteiger partial charge in [0.05, 0.1) is 17.3 Å². The maximum Gasteiger partial charge on any atom is 0.343 e. The van der Waals surface area contributed by atoms with Gasteiger partial charge in [-0.05, 0) is 12.8 Å². The van der Waals surface area contributed by atoms with Crippen LogP contribution in [0.5, 0.6) is 0 Å². The van der Waals surface area contributed by atoms with Crippen molar-refractivity contribution in [1.29, 1.82) is 0 Å². The van der Waals surface area contributed by atoms with Gasteiger partial charge in [-0.15, -0.1) is 5.10 Å². The van der Waals surface area contributed by atoms with Crippen LogP contribution in [0.4, 0.5) is 0 Å². The van der Waals surface area contributed by atoms with Crippen LogP contribution in [0.25, 0.3) is 0 Å². The van der Waals surface area contributed by atoms with Gasteiger partial charge in [-0.1, -0.05) is 18.7 Å². The predicted octanol–water partition coefficient (Wildman–Crippen LogP) is -0.623. The lowest BCUT2D eigenvalue weighted by Gasteiger charge is -2.10. The number of nitrogens with zero attached hydrogens (tertiary/aromatic N) is 2. The Hall–Kier alpha value is -1.29. The number of carbonyl (C=O) groups is 1. The van der Waals surface area contributed by atoms with E-state index in [9.17, 15) is 18.0 Å². The van der Waals surface area contributed by atoms with Crippen molar-refractivity contribution in [2.75, 3.05) is 17.3 Å². The molecule has 8 nitrogen and oxygen atoms in total. The highest BCUT2D eigenvalue weighted by Gasteiger charge is 2.28. The molecule has 21 heavy (non-hydrogen) atoms. The van der Waals surface area contributed by atoms with Crippen LogP contribution in [-0.4, -0.2) is 52.4 Å². The molecule has 1 saturated heterocycles. The third kappa shape index (κ3) is 4.34. The van der Waals surface area contributed by atoms with Crippen molar-refractivity contribution in [3.05, 3.63) is 10.5 Å². The summed E-state index contributed by atoms with van der Waals surface area (Å²) in [5.41, 5.74) is -0.290. The molecule has 1 aromatic rings. The molecule has 1 aliphatic heterocycles. The van der Waals surface area contributed by atoms with E-state index in [0.717, 1.165) is 18.2 Å². The molecule has 0 bridgehead atoms. The zero-order valence-electron chi connectivity index (χ0n) is 11.7. The van der Waals surface area contributed by atoms with Crippen molar-refractivity contribution in [1.82, 2.24) is 20.1 Å². The summed E-state index contributed by atoms with van der Waals surface area (Å²) in [6.45, 7) is 2.49. The van der Waals surface area contributed by atoms with Crippen LogP contribution < -0.4 is 11.0 Å². The molecular formula is C11H18N4O4S2. The summed E-state index contributed by atoms with van der Waals surface area (Å²) in [6, 6.07) is -0.305. The molecule has 0 radical (unpaired) electrons. The van der Waals surface area contributed by atoms with Crippen molar-refractivity contribution < 1.29 is 13.2 Å². The number of H-pyrrole nitrogens is 1. The molecule has 2 heterocycles. The Balaban J connectivity index is 1.86. The molecule has 118 valence electrons. The van der Waals surface area contributed by atoms with Crippen LogP contribution in [0.2, 0.25) is 0 Å². The Morgan fingerprint density at radius 3 is 2.95 bits per heavy atom. The third-order valence-electron chi connectivity index (χ3n) is 3.10. The van der Waals surface area contributed by atoms with Crippen LogP contribution >= 0.6 is 11.8 Å². The van der Waals surface area contributed by atoms with E-state index in [0.29, 0.717) is 18.1 Å². The van der Waals surface area contributed by atoms with Crippen molar-refractivity contribution in [2.24, 2.45) is 0 Å². The Morgan fingerprint density at radius 2 is 2.33 bits per heavy atom. The van der Waals surface area contributed by atoms with E-state index in [1.165, 1.54) is 4.57 Å². The first-order valence-electron chi connectivity index (χ1n) is 6.69. The first-order valence-corrected chi connectivity index (χ1v) is 9.50. The first kappa shape index (κ1) is 16.1. The minimum absolute atomic E-state index is 0.00630. The highest BCUT2D eigenvalue weighted by molar-refractivity contribution is 7.99. The third-order valence-corrected chi connectivity index (χ3v) is 5.84. The fourth-order valence-electron chi connectivity index (χ4n) is 2.14. The summed E-state index contributed by atoms with van der Waals surface area (Å²) in [7, 11) is -3.00. The summed E-state index contributed by atoms with van der Waals surface area (Å²) in [5, 5.41) is 9.40. The summed E-state index contributed by atoms with van der Waals surface area (Å²) >= 11 is 1.16. The molecule has 2 rings (SSSR count). The van der Waals surface area contributed by atoms with Gasteiger partial charge in [0.15, 0.2) is 15.0 Å². The van der Waals surface area contributed by atoms with Crippen molar-refractivity contribution in [3.63, 3.8) is 0 Å². The van der Waals surface area contributed by atoms with Gasteiger partial charge in [0, 0.05) is 12.6 Å². The van der Waals surface area contributed by atoms with Crippen LogP contribution in [0.1, 0.15) is 19.8 Å². The molecule has 1 atom stereocenters. The smallest absolute Gasteiger partial charge is 0.343 e. The molecule has 0 unspecified atom stereocenters. The minimum atomic E-state index is -3.00. The number of aromatic nitrogens is 3. The number of sulfone groups is 1. The molecule has 0 saturated carbocycles. The maximum absolute atomic E-state index is 11.8. The number of hydrogen-bond donors (Lipinski definition) is 2. The van der Waals surface area contributed by atoms with Crippen LogP contribution in [0.3, 0.4) is 0 Å². The van der Waals surface area contributed by atoms with E-state index in [1.807, 2.05) is 6.92 Å². The normalized spacial score (nSPS) is 20.5. The van der Waals surface area contributed by atoms with E-state index >= 15 is 0 Å². The number of carbonyl (C=O) groups excluding carboxylic acids is 1. The molecule has 1 aromatic heterocycles. The van der Waals surface area contributed by atoms with E-state index in [2.05, 4.69) is 15.5 Å². The highest BCUT2D eigenvalue weighted by Crippen LogP contribution is 2.15. The quantitative estimate of drug-likeness (QED) is 0.670. The maximum atomic E-state index is 11.8. The molecule has 1 amide bonds. The lowest BCUT2D eigenvalue weighted by Crippen LogP contribution is -2.36. The monoisotopic (exact) mass is 334 g/mol. The molecular weight excluding hydrogens is 316 g/mol. The summed E-state index contributed by atoms with van der Waals surface area (Å²) < 4.78 is 24.1. The van der Waals surface area contributed by atoms with Crippen LogP contribution in [0, 0.1) is 0 Å². The molecule has 0 spiro atoms. The summed E-state index contributed by atoms with van der Waals surface area (Å²) in [6.07, 6.45) is 1.25. The van der Waals surface area contributed by atoms with Gasteiger partial charge in [-0.3, -0.25) is 9.36 Å². The van der Waals surface area contributed by atoms with Gasteiger partial charge in [-0.2, -0.15) is 0 Å². The fraction of sp³-hybridized carbons (Fsp3) is 0.727. The van der Waals surface area contributed by atoms with Gasteiger partial charge in [0.25, 0.3) is 0 Å². The zero-order chi connectivity index (χ0) is 15.5. The van der Waals surface area contributed by atoms with E-state index < -0.39 is 9.84 Å². The topological polar surface area (TPSA) is 114 Å². The second-order valence-electron chi connectivity index (χ2n) is 4.92. The minimum Gasteiger partial charge on any atom is -0.352 e. The zero-order valence-corrected chi connectivity index (χ0v) is 13.3. The van der Waals surface area contributed by atoms with Crippen molar-refractivity contribution in [2.45, 2.75) is 37.5 Å². The number of rotatable bonds is 6. The standard InChI is InChI=1S/C11H18N4O4S2/c1-2-4-15-10(17)13-14-11(15)20-6-9(16)12-8-3-5-21(18,19)7-8/h8H,2-7H2,1H3,(H,12,16)(H,13,17)/t8-/m0/s1. The molecule has 10 heteroatoms. The Labute approximate surface area is 126 Å². The van der Waals surface area contributed by atoms with Gasteiger partial charge in [0.1, 0.15) is 0 Å². The van der Waals surface area contributed by atoms with E-state index in [-0.39, 0.29) is 34.9 Å². The van der Waals surface area contributed by atoms with Gasteiger partial charge >= 0.3 is 5.69 Å². The number of hydrogen-bond acceptors (Lipinski definition) is 6. The Bertz CT molecular complexity index is 664. The van der Waals surface area contributed by atoms with Gasteiger partial charge in [-0.25, -0.2) is 18.3 Å². The van der Waals surface area contributed by atoms with Crippen molar-refractivity contribution >= 4 is 27.5 Å². The highest BCUT2D eigenvalue weighted by atomic mass is 32.2.